The van der Waals surface area contributed by atoms with Crippen molar-refractivity contribution in [2.24, 2.45) is 0 Å². The molecule has 37 heavy (non-hydrogen) atoms. The molecular weight excluding hydrogens is 480 g/mol. The van der Waals surface area contributed by atoms with Gasteiger partial charge in [-0.05, 0) is 75.8 Å². The molecule has 6 nitrogen and oxygen atoms in total. The number of hydroxylamine groups is 2. The van der Waals surface area contributed by atoms with E-state index in [1.54, 1.807) is 18.4 Å². The highest BCUT2D eigenvalue weighted by molar-refractivity contribution is 7.13. The molecule has 3 aromatic heterocycles. The van der Waals surface area contributed by atoms with Crippen molar-refractivity contribution in [3.05, 3.63) is 65.2 Å². The number of benzene rings is 1. The number of nitrogens with zero attached hydrogens (tertiary/aromatic N) is 4. The number of ether oxygens (including phenoxy) is 1. The van der Waals surface area contributed by atoms with Crippen LogP contribution in [0, 0.1) is 0 Å². The summed E-state index contributed by atoms with van der Waals surface area (Å²) in [6.45, 7) is 9.15. The van der Waals surface area contributed by atoms with Crippen molar-refractivity contribution in [3.63, 3.8) is 0 Å². The summed E-state index contributed by atoms with van der Waals surface area (Å²) in [5.41, 5.74) is 12.0. The first-order valence-corrected chi connectivity index (χ1v) is 14.0. The summed E-state index contributed by atoms with van der Waals surface area (Å²) in [7, 11) is 1.75. The van der Waals surface area contributed by atoms with Gasteiger partial charge in [-0.3, -0.25) is 14.8 Å². The summed E-state index contributed by atoms with van der Waals surface area (Å²) < 4.78 is 8.39. The van der Waals surface area contributed by atoms with Crippen molar-refractivity contribution in [1.29, 1.82) is 0 Å². The first-order chi connectivity index (χ1) is 18.0. The van der Waals surface area contributed by atoms with Gasteiger partial charge in [-0.15, -0.1) is 11.3 Å². The van der Waals surface area contributed by atoms with Gasteiger partial charge in [0.2, 0.25) is 0 Å². The van der Waals surface area contributed by atoms with Crippen molar-refractivity contribution in [1.82, 2.24) is 19.6 Å². The number of hydrogen-bond acceptors (Lipinski definition) is 6. The molecule has 2 aliphatic heterocycles. The van der Waals surface area contributed by atoms with E-state index in [1.807, 2.05) is 30.2 Å². The Labute approximate surface area is 222 Å². The Bertz CT molecular complexity index is 1400. The maximum Gasteiger partial charge on any atom is 0.127 e. The van der Waals surface area contributed by atoms with Crippen LogP contribution in [0.3, 0.4) is 0 Å². The van der Waals surface area contributed by atoms with Gasteiger partial charge >= 0.3 is 0 Å². The molecule has 4 aromatic rings. The second-order valence-electron chi connectivity index (χ2n) is 10.9. The van der Waals surface area contributed by atoms with Crippen LogP contribution < -0.4 is 4.74 Å². The van der Waals surface area contributed by atoms with E-state index in [9.17, 15) is 0 Å². The number of hydrogen-bond donors (Lipinski definition) is 0. The lowest BCUT2D eigenvalue weighted by atomic mass is 9.90. The highest BCUT2D eigenvalue weighted by Crippen LogP contribution is 2.48. The molecule has 0 spiro atoms. The number of thiazole rings is 1. The maximum absolute atomic E-state index is 6.54. The Morgan fingerprint density at radius 3 is 2.65 bits per heavy atom. The standard InChI is InChI=1S/C30H34N4O2S/c1-30(2,3)34-12-6-5-9-22-25(18-36-34)33-13-10-20-14-26(35-4)23(21-8-7-11-31-16-21)15-24(20)29(33)28(22)27-17-32-19-37-27/h7-8,11,14-17,19H,5-6,9-10,12-13,18H2,1-4H3. The van der Waals surface area contributed by atoms with Crippen LogP contribution in [0.1, 0.15) is 50.4 Å². The summed E-state index contributed by atoms with van der Waals surface area (Å²) in [5, 5.41) is 2.18. The van der Waals surface area contributed by atoms with Crippen LogP contribution in [0.25, 0.3) is 32.8 Å². The molecule has 192 valence electrons. The van der Waals surface area contributed by atoms with Gasteiger partial charge in [0.05, 0.1) is 28.9 Å². The van der Waals surface area contributed by atoms with E-state index in [2.05, 4.69) is 58.6 Å². The molecular formula is C30H34N4O2S. The van der Waals surface area contributed by atoms with E-state index < -0.39 is 0 Å². The summed E-state index contributed by atoms with van der Waals surface area (Å²) in [6, 6.07) is 8.61. The minimum Gasteiger partial charge on any atom is -0.496 e. The maximum atomic E-state index is 6.54. The van der Waals surface area contributed by atoms with Gasteiger partial charge in [0, 0.05) is 59.5 Å². The molecule has 0 radical (unpaired) electrons. The van der Waals surface area contributed by atoms with Crippen LogP contribution in [0.2, 0.25) is 0 Å². The van der Waals surface area contributed by atoms with Gasteiger partial charge in [0.1, 0.15) is 12.4 Å². The third-order valence-electron chi connectivity index (χ3n) is 7.56. The highest BCUT2D eigenvalue weighted by Gasteiger charge is 2.32. The number of rotatable bonds is 3. The molecule has 0 bridgehead atoms. The molecule has 0 N–H and O–H groups in total. The zero-order valence-corrected chi connectivity index (χ0v) is 22.9. The Morgan fingerprint density at radius 2 is 1.92 bits per heavy atom. The Kier molecular flexibility index (Phi) is 6.39. The van der Waals surface area contributed by atoms with Crippen molar-refractivity contribution in [3.8, 4) is 38.6 Å². The fraction of sp³-hybridized carbons (Fsp3) is 0.400. The molecule has 0 fully saturated rings. The van der Waals surface area contributed by atoms with Crippen molar-refractivity contribution in [2.45, 2.75) is 65.1 Å². The van der Waals surface area contributed by atoms with Crippen LogP contribution in [0.15, 0.2) is 48.4 Å². The van der Waals surface area contributed by atoms with E-state index >= 15 is 0 Å². The number of aromatic nitrogens is 3. The minimum absolute atomic E-state index is 0.0376. The third kappa shape index (κ3) is 4.39. The topological polar surface area (TPSA) is 52.4 Å². The lowest BCUT2D eigenvalue weighted by Gasteiger charge is -2.34. The van der Waals surface area contributed by atoms with Crippen LogP contribution in [0.4, 0.5) is 0 Å². The third-order valence-corrected chi connectivity index (χ3v) is 8.35. The summed E-state index contributed by atoms with van der Waals surface area (Å²) in [4.78, 5) is 16.6. The second kappa shape index (κ2) is 9.71. The van der Waals surface area contributed by atoms with Crippen LogP contribution in [0.5, 0.6) is 5.75 Å². The second-order valence-corrected chi connectivity index (χ2v) is 11.8. The molecule has 0 amide bonds. The SMILES string of the molecule is COc1cc2c(cc1-c1cccnc1)-c1c(-c3cncs3)c3c(n1CC2)CON(C(C)(C)C)CCCC3. The lowest BCUT2D eigenvalue weighted by Crippen LogP contribution is -2.41. The number of pyridine rings is 1. The predicted octanol–water partition coefficient (Wildman–Crippen LogP) is 6.77. The highest BCUT2D eigenvalue weighted by atomic mass is 32.1. The molecule has 7 heteroatoms. The number of aryl methyl sites for hydroxylation is 1. The number of fused-ring (bicyclic) bond motifs is 5. The van der Waals surface area contributed by atoms with Gasteiger partial charge in [-0.25, -0.2) is 0 Å². The van der Waals surface area contributed by atoms with Crippen molar-refractivity contribution >= 4 is 11.3 Å². The van der Waals surface area contributed by atoms with Gasteiger partial charge < -0.3 is 9.30 Å². The minimum atomic E-state index is -0.0376. The van der Waals surface area contributed by atoms with E-state index in [1.165, 1.54) is 38.5 Å². The first-order valence-electron chi connectivity index (χ1n) is 13.1. The molecule has 0 saturated carbocycles. The molecule has 2 aliphatic rings. The Hall–Kier alpha value is -3.00. The first kappa shape index (κ1) is 24.3. The normalized spacial score (nSPS) is 16.2. The fourth-order valence-electron chi connectivity index (χ4n) is 5.77. The summed E-state index contributed by atoms with van der Waals surface area (Å²) in [6.07, 6.45) is 9.99. The van der Waals surface area contributed by atoms with Crippen LogP contribution >= 0.6 is 11.3 Å². The van der Waals surface area contributed by atoms with E-state index in [4.69, 9.17) is 9.57 Å². The lowest BCUT2D eigenvalue weighted by molar-refractivity contribution is -0.220. The molecule has 0 aliphatic carbocycles. The largest absolute Gasteiger partial charge is 0.496 e. The van der Waals surface area contributed by atoms with Gasteiger partial charge in [-0.1, -0.05) is 6.07 Å². The average Bonchev–Trinajstić information content (AvgIpc) is 3.54. The van der Waals surface area contributed by atoms with E-state index in [0.29, 0.717) is 6.61 Å². The zero-order chi connectivity index (χ0) is 25.6. The quantitative estimate of drug-likeness (QED) is 0.302. The molecule has 6 rings (SSSR count). The van der Waals surface area contributed by atoms with Gasteiger partial charge in [0.15, 0.2) is 0 Å². The fourth-order valence-corrected chi connectivity index (χ4v) is 6.47. The Morgan fingerprint density at radius 1 is 1.03 bits per heavy atom. The smallest absolute Gasteiger partial charge is 0.127 e. The summed E-state index contributed by atoms with van der Waals surface area (Å²) in [5.74, 6) is 0.894. The monoisotopic (exact) mass is 514 g/mol. The van der Waals surface area contributed by atoms with Crippen molar-refractivity contribution < 1.29 is 9.57 Å². The van der Waals surface area contributed by atoms with E-state index in [0.717, 1.165) is 55.6 Å². The summed E-state index contributed by atoms with van der Waals surface area (Å²) >= 11 is 1.72. The van der Waals surface area contributed by atoms with Crippen LogP contribution in [-0.2, 0) is 30.8 Å². The average molecular weight is 515 g/mol. The van der Waals surface area contributed by atoms with Gasteiger partial charge in [-0.2, -0.15) is 5.06 Å². The van der Waals surface area contributed by atoms with Gasteiger partial charge in [0.25, 0.3) is 0 Å². The molecule has 0 atom stereocenters. The zero-order valence-electron chi connectivity index (χ0n) is 22.1. The van der Waals surface area contributed by atoms with E-state index in [-0.39, 0.29) is 5.54 Å². The number of methoxy groups -OCH3 is 1. The van der Waals surface area contributed by atoms with Crippen LogP contribution in [-0.4, -0.2) is 38.8 Å². The molecule has 5 heterocycles. The molecule has 0 saturated heterocycles. The predicted molar refractivity (Wildman–Crippen MR) is 149 cm³/mol. The van der Waals surface area contributed by atoms with Crippen molar-refractivity contribution in [2.75, 3.05) is 13.7 Å². The molecule has 1 aromatic carbocycles. The molecule has 0 unspecified atom stereocenters. The Balaban J connectivity index is 1.57.